The van der Waals surface area contributed by atoms with Crippen molar-refractivity contribution in [3.8, 4) is 0 Å². The third-order valence-corrected chi connectivity index (χ3v) is 2.73. The van der Waals surface area contributed by atoms with Gasteiger partial charge in [0.15, 0.2) is 0 Å². The Morgan fingerprint density at radius 1 is 1.47 bits per heavy atom. The van der Waals surface area contributed by atoms with Crippen molar-refractivity contribution in [3.05, 3.63) is 34.9 Å². The molecular weight excluding hydrogens is 212 g/mol. The lowest BCUT2D eigenvalue weighted by Crippen LogP contribution is -2.35. The minimum atomic E-state index is -0.792. The van der Waals surface area contributed by atoms with E-state index < -0.39 is 5.60 Å². The number of benzene rings is 1. The van der Waals surface area contributed by atoms with Gasteiger partial charge in [-0.15, -0.1) is 0 Å². The lowest BCUT2D eigenvalue weighted by Gasteiger charge is -2.25. The molecule has 0 amide bonds. The third-order valence-electron chi connectivity index (χ3n) is 2.49. The Bertz CT molecular complexity index is 314. The molecule has 0 aromatic heterocycles. The molecule has 0 spiro atoms. The van der Waals surface area contributed by atoms with E-state index in [4.69, 9.17) is 16.3 Å². The van der Waals surface area contributed by atoms with Gasteiger partial charge in [0.2, 0.25) is 0 Å². The van der Waals surface area contributed by atoms with E-state index in [2.05, 4.69) is 0 Å². The summed E-state index contributed by atoms with van der Waals surface area (Å²) in [5.74, 6) is 0. The summed E-state index contributed by atoms with van der Waals surface area (Å²) in [5.41, 5.74) is 0.239. The molecule has 1 N–H and O–H groups in total. The van der Waals surface area contributed by atoms with E-state index in [-0.39, 0.29) is 0 Å². The summed E-state index contributed by atoms with van der Waals surface area (Å²) in [7, 11) is 1.60. The average Bonchev–Trinajstić information content (AvgIpc) is 2.18. The summed E-state index contributed by atoms with van der Waals surface area (Å²) in [6, 6.07) is 7.55. The van der Waals surface area contributed by atoms with Crippen molar-refractivity contribution in [1.29, 1.82) is 0 Å². The predicted octanol–water partition coefficient (Wildman–Crippen LogP) is 2.67. The van der Waals surface area contributed by atoms with Gasteiger partial charge in [0.1, 0.15) is 0 Å². The van der Waals surface area contributed by atoms with Crippen LogP contribution in [0.15, 0.2) is 24.3 Å². The van der Waals surface area contributed by atoms with Gasteiger partial charge in [0, 0.05) is 18.6 Å². The quantitative estimate of drug-likeness (QED) is 0.840. The minimum absolute atomic E-state index is 0.343. The molecule has 0 radical (unpaired) electrons. The molecular formula is C12H17ClO2. The second kappa shape index (κ2) is 5.50. The van der Waals surface area contributed by atoms with E-state index in [1.54, 1.807) is 7.11 Å². The average molecular weight is 229 g/mol. The van der Waals surface area contributed by atoms with Crippen LogP contribution in [0, 0.1) is 0 Å². The molecule has 1 rings (SSSR count). The molecule has 15 heavy (non-hydrogen) atoms. The van der Waals surface area contributed by atoms with Gasteiger partial charge in [-0.25, -0.2) is 0 Å². The van der Waals surface area contributed by atoms with Crippen LogP contribution in [-0.4, -0.2) is 24.4 Å². The molecule has 0 bridgehead atoms. The molecule has 1 atom stereocenters. The monoisotopic (exact) mass is 228 g/mol. The predicted molar refractivity (Wildman–Crippen MR) is 62.3 cm³/mol. The lowest BCUT2D eigenvalue weighted by molar-refractivity contribution is -0.0333. The minimum Gasteiger partial charge on any atom is -0.387 e. The Morgan fingerprint density at radius 2 is 2.20 bits per heavy atom. The van der Waals surface area contributed by atoms with Crippen LogP contribution in [0.25, 0.3) is 0 Å². The Labute approximate surface area is 95.8 Å². The van der Waals surface area contributed by atoms with E-state index in [1.165, 1.54) is 0 Å². The largest absolute Gasteiger partial charge is 0.387 e. The van der Waals surface area contributed by atoms with Gasteiger partial charge in [0.25, 0.3) is 0 Å². The first-order valence-corrected chi connectivity index (χ1v) is 5.43. The lowest BCUT2D eigenvalue weighted by atomic mass is 9.93. The Hall–Kier alpha value is -0.570. The standard InChI is InChI=1S/C12H17ClO2/c1-3-12(14,9-15-2)8-10-5-4-6-11(13)7-10/h4-7,14H,3,8-9H2,1-2H3. The van der Waals surface area contributed by atoms with Crippen LogP contribution in [0.4, 0.5) is 0 Å². The number of ether oxygens (including phenoxy) is 1. The normalized spacial score (nSPS) is 14.9. The first-order valence-electron chi connectivity index (χ1n) is 5.05. The molecule has 0 aliphatic carbocycles. The molecule has 0 saturated carbocycles. The van der Waals surface area contributed by atoms with Gasteiger partial charge in [-0.3, -0.25) is 0 Å². The number of hydrogen-bond donors (Lipinski definition) is 1. The second-order valence-electron chi connectivity index (χ2n) is 3.82. The van der Waals surface area contributed by atoms with E-state index in [9.17, 15) is 5.11 Å². The van der Waals surface area contributed by atoms with Crippen molar-refractivity contribution in [3.63, 3.8) is 0 Å². The Kier molecular flexibility index (Phi) is 4.58. The fourth-order valence-electron chi connectivity index (χ4n) is 1.57. The van der Waals surface area contributed by atoms with Gasteiger partial charge >= 0.3 is 0 Å². The Balaban J connectivity index is 2.74. The van der Waals surface area contributed by atoms with E-state index >= 15 is 0 Å². The van der Waals surface area contributed by atoms with Crippen LogP contribution in [0.3, 0.4) is 0 Å². The molecule has 2 nitrogen and oxygen atoms in total. The molecule has 0 aliphatic rings. The van der Waals surface area contributed by atoms with Crippen LogP contribution in [0.1, 0.15) is 18.9 Å². The van der Waals surface area contributed by atoms with Crippen molar-refractivity contribution < 1.29 is 9.84 Å². The highest BCUT2D eigenvalue weighted by atomic mass is 35.5. The molecule has 3 heteroatoms. The fraction of sp³-hybridized carbons (Fsp3) is 0.500. The SMILES string of the molecule is CCC(O)(COC)Cc1cccc(Cl)c1. The smallest absolute Gasteiger partial charge is 0.0917 e. The topological polar surface area (TPSA) is 29.5 Å². The molecule has 1 aromatic carbocycles. The maximum absolute atomic E-state index is 10.2. The van der Waals surface area contributed by atoms with Crippen LogP contribution < -0.4 is 0 Å². The van der Waals surface area contributed by atoms with Crippen LogP contribution in [0.5, 0.6) is 0 Å². The summed E-state index contributed by atoms with van der Waals surface area (Å²) in [4.78, 5) is 0. The van der Waals surface area contributed by atoms with Crippen molar-refractivity contribution in [2.24, 2.45) is 0 Å². The van der Waals surface area contributed by atoms with Gasteiger partial charge < -0.3 is 9.84 Å². The summed E-state index contributed by atoms with van der Waals surface area (Å²) in [6.45, 7) is 2.29. The number of aliphatic hydroxyl groups is 1. The molecule has 84 valence electrons. The number of rotatable bonds is 5. The van der Waals surface area contributed by atoms with Gasteiger partial charge in [-0.05, 0) is 24.1 Å². The van der Waals surface area contributed by atoms with E-state index in [0.717, 1.165) is 5.56 Å². The number of halogens is 1. The van der Waals surface area contributed by atoms with Crippen molar-refractivity contribution in [2.75, 3.05) is 13.7 Å². The maximum atomic E-state index is 10.2. The van der Waals surface area contributed by atoms with Crippen LogP contribution >= 0.6 is 11.6 Å². The zero-order chi connectivity index (χ0) is 11.3. The van der Waals surface area contributed by atoms with E-state index in [0.29, 0.717) is 24.5 Å². The second-order valence-corrected chi connectivity index (χ2v) is 4.25. The van der Waals surface area contributed by atoms with Gasteiger partial charge in [-0.1, -0.05) is 30.7 Å². The van der Waals surface area contributed by atoms with Crippen molar-refractivity contribution >= 4 is 11.6 Å². The summed E-state index contributed by atoms with van der Waals surface area (Å²) >= 11 is 5.88. The highest BCUT2D eigenvalue weighted by Crippen LogP contribution is 2.20. The highest BCUT2D eigenvalue weighted by molar-refractivity contribution is 6.30. The molecule has 0 aliphatic heterocycles. The summed E-state index contributed by atoms with van der Waals surface area (Å²) in [6.07, 6.45) is 1.23. The zero-order valence-electron chi connectivity index (χ0n) is 9.16. The third kappa shape index (κ3) is 3.82. The molecule has 0 saturated heterocycles. The zero-order valence-corrected chi connectivity index (χ0v) is 9.92. The molecule has 1 unspecified atom stereocenters. The highest BCUT2D eigenvalue weighted by Gasteiger charge is 2.24. The fourth-order valence-corrected chi connectivity index (χ4v) is 1.79. The summed E-state index contributed by atoms with van der Waals surface area (Å²) in [5, 5.41) is 10.9. The maximum Gasteiger partial charge on any atom is 0.0917 e. The number of hydrogen-bond acceptors (Lipinski definition) is 2. The molecule has 1 aromatic rings. The van der Waals surface area contributed by atoms with E-state index in [1.807, 2.05) is 31.2 Å². The van der Waals surface area contributed by atoms with Gasteiger partial charge in [-0.2, -0.15) is 0 Å². The number of methoxy groups -OCH3 is 1. The van der Waals surface area contributed by atoms with Crippen molar-refractivity contribution in [1.82, 2.24) is 0 Å². The van der Waals surface area contributed by atoms with Crippen LogP contribution in [0.2, 0.25) is 5.02 Å². The van der Waals surface area contributed by atoms with Crippen LogP contribution in [-0.2, 0) is 11.2 Å². The molecule has 0 fully saturated rings. The first-order chi connectivity index (χ1) is 7.09. The molecule has 0 heterocycles. The Morgan fingerprint density at radius 3 is 2.73 bits per heavy atom. The summed E-state index contributed by atoms with van der Waals surface area (Å²) < 4.78 is 5.02. The first kappa shape index (κ1) is 12.5. The van der Waals surface area contributed by atoms with Crippen molar-refractivity contribution in [2.45, 2.75) is 25.4 Å². The van der Waals surface area contributed by atoms with Gasteiger partial charge in [0.05, 0.1) is 12.2 Å².